The topological polar surface area (TPSA) is 20.2 Å². The van der Waals surface area contributed by atoms with Crippen LogP contribution < -0.4 is 0 Å². The van der Waals surface area contributed by atoms with Gasteiger partial charge in [-0.1, -0.05) is 57.9 Å². The van der Waals surface area contributed by atoms with Gasteiger partial charge in [-0.3, -0.25) is 0 Å². The lowest BCUT2D eigenvalue weighted by Gasteiger charge is -2.58. The molecule has 4 aliphatic rings. The van der Waals surface area contributed by atoms with Gasteiger partial charge < -0.3 is 5.11 Å². The Bertz CT molecular complexity index is 686. The molecule has 0 amide bonds. The number of aliphatic hydroxyl groups excluding tert-OH is 1. The molecule has 0 aromatic heterocycles. The van der Waals surface area contributed by atoms with Crippen molar-refractivity contribution in [3.63, 3.8) is 0 Å². The fourth-order valence-electron chi connectivity index (χ4n) is 8.98. The Labute approximate surface area is 186 Å². The minimum atomic E-state index is -0.0839. The Hall–Kier alpha value is -0.560. The van der Waals surface area contributed by atoms with E-state index in [2.05, 4.69) is 53.7 Å². The van der Waals surface area contributed by atoms with E-state index >= 15 is 0 Å². The van der Waals surface area contributed by atoms with Gasteiger partial charge in [0.1, 0.15) is 0 Å². The molecular weight excluding hydrogens is 364 g/mol. The molecule has 0 bridgehead atoms. The van der Waals surface area contributed by atoms with E-state index in [-0.39, 0.29) is 6.10 Å². The van der Waals surface area contributed by atoms with Crippen LogP contribution in [0.5, 0.6) is 0 Å². The highest BCUT2D eigenvalue weighted by atomic mass is 16.3. The van der Waals surface area contributed by atoms with Crippen LogP contribution in [0, 0.1) is 46.3 Å². The van der Waals surface area contributed by atoms with Crippen molar-refractivity contribution in [2.75, 3.05) is 0 Å². The first-order valence-electron chi connectivity index (χ1n) is 13.2. The molecule has 8 atom stereocenters. The molecule has 30 heavy (non-hydrogen) atoms. The third-order valence-electron chi connectivity index (χ3n) is 10.8. The van der Waals surface area contributed by atoms with Crippen molar-refractivity contribution < 1.29 is 5.11 Å². The summed E-state index contributed by atoms with van der Waals surface area (Å²) in [4.78, 5) is 0. The fraction of sp³-hybridized carbons (Fsp3) is 0.862. The standard InChI is InChI=1S/C29H48O/c1-7-21(19(2)3)9-8-20(4)25-12-13-26-24-11-10-22-18-23(30)14-16-28(22,5)27(24)15-17-29(25,26)6/h7,10,19-20,23-27,30H,8-9,11-18H2,1-6H3/b21-7-/t20?,23-,24?,25+,26?,27?,28-,29+/m0/s1. The van der Waals surface area contributed by atoms with Crippen LogP contribution in [0.4, 0.5) is 0 Å². The number of allylic oxidation sites excluding steroid dienone is 3. The lowest BCUT2D eigenvalue weighted by Crippen LogP contribution is -2.50. The minimum Gasteiger partial charge on any atom is -0.393 e. The molecule has 0 radical (unpaired) electrons. The zero-order chi connectivity index (χ0) is 21.7. The van der Waals surface area contributed by atoms with Crippen molar-refractivity contribution >= 4 is 0 Å². The van der Waals surface area contributed by atoms with Gasteiger partial charge in [-0.2, -0.15) is 0 Å². The van der Waals surface area contributed by atoms with Gasteiger partial charge in [0.2, 0.25) is 0 Å². The van der Waals surface area contributed by atoms with E-state index in [4.69, 9.17) is 0 Å². The maximum atomic E-state index is 10.2. The Morgan fingerprint density at radius 2 is 1.87 bits per heavy atom. The molecule has 0 saturated heterocycles. The summed E-state index contributed by atoms with van der Waals surface area (Å²) in [6.07, 6.45) is 17.8. The summed E-state index contributed by atoms with van der Waals surface area (Å²) in [6, 6.07) is 0. The van der Waals surface area contributed by atoms with E-state index in [0.717, 1.165) is 42.4 Å². The van der Waals surface area contributed by atoms with Gasteiger partial charge >= 0.3 is 0 Å². The molecule has 4 aliphatic carbocycles. The van der Waals surface area contributed by atoms with Crippen LogP contribution in [0.15, 0.2) is 23.3 Å². The third-order valence-corrected chi connectivity index (χ3v) is 10.8. The minimum absolute atomic E-state index is 0.0839. The van der Waals surface area contributed by atoms with E-state index in [0.29, 0.717) is 16.7 Å². The fourth-order valence-corrected chi connectivity index (χ4v) is 8.98. The lowest BCUT2D eigenvalue weighted by molar-refractivity contribution is -0.0571. The summed E-state index contributed by atoms with van der Waals surface area (Å²) >= 11 is 0. The molecule has 3 fully saturated rings. The molecule has 0 aliphatic heterocycles. The maximum Gasteiger partial charge on any atom is 0.0577 e. The molecule has 0 spiro atoms. The van der Waals surface area contributed by atoms with Gasteiger partial charge in [-0.25, -0.2) is 0 Å². The molecule has 0 heterocycles. The maximum absolute atomic E-state index is 10.2. The average molecular weight is 413 g/mol. The monoisotopic (exact) mass is 412 g/mol. The molecule has 1 heteroatoms. The highest BCUT2D eigenvalue weighted by Gasteiger charge is 2.59. The van der Waals surface area contributed by atoms with Crippen molar-refractivity contribution in [1.29, 1.82) is 0 Å². The number of rotatable bonds is 5. The highest BCUT2D eigenvalue weighted by Crippen LogP contribution is 2.67. The average Bonchev–Trinajstić information content (AvgIpc) is 3.06. The van der Waals surface area contributed by atoms with Gasteiger partial charge in [0.05, 0.1) is 6.10 Å². The van der Waals surface area contributed by atoms with Gasteiger partial charge in [-0.05, 0) is 117 Å². The Balaban J connectivity index is 1.49. The molecule has 0 aromatic rings. The van der Waals surface area contributed by atoms with Crippen molar-refractivity contribution in [2.45, 2.75) is 112 Å². The van der Waals surface area contributed by atoms with Gasteiger partial charge in [0.15, 0.2) is 0 Å². The number of aliphatic hydroxyl groups is 1. The zero-order valence-electron chi connectivity index (χ0n) is 20.7. The third kappa shape index (κ3) is 3.66. The van der Waals surface area contributed by atoms with Crippen LogP contribution in [0.2, 0.25) is 0 Å². The van der Waals surface area contributed by atoms with Crippen molar-refractivity contribution in [2.24, 2.45) is 46.3 Å². The largest absolute Gasteiger partial charge is 0.393 e. The molecule has 1 N–H and O–H groups in total. The van der Waals surface area contributed by atoms with Gasteiger partial charge in [0.25, 0.3) is 0 Å². The molecule has 4 rings (SSSR count). The molecule has 3 saturated carbocycles. The van der Waals surface area contributed by atoms with Crippen LogP contribution in [0.1, 0.15) is 106 Å². The van der Waals surface area contributed by atoms with Crippen molar-refractivity contribution in [1.82, 2.24) is 0 Å². The number of fused-ring (bicyclic) bond motifs is 5. The lowest BCUT2D eigenvalue weighted by atomic mass is 9.47. The Morgan fingerprint density at radius 1 is 1.10 bits per heavy atom. The van der Waals surface area contributed by atoms with E-state index in [1.807, 2.05) is 0 Å². The van der Waals surface area contributed by atoms with Crippen LogP contribution in [-0.4, -0.2) is 11.2 Å². The first-order valence-corrected chi connectivity index (χ1v) is 13.2. The van der Waals surface area contributed by atoms with Crippen LogP contribution in [0.25, 0.3) is 0 Å². The first kappa shape index (κ1) is 22.6. The summed E-state index contributed by atoms with van der Waals surface area (Å²) in [6.45, 7) is 14.7. The zero-order valence-corrected chi connectivity index (χ0v) is 20.7. The number of hydrogen-bond donors (Lipinski definition) is 1. The van der Waals surface area contributed by atoms with E-state index in [1.54, 1.807) is 11.1 Å². The summed E-state index contributed by atoms with van der Waals surface area (Å²) < 4.78 is 0. The summed E-state index contributed by atoms with van der Waals surface area (Å²) in [5.41, 5.74) is 4.21. The molecule has 4 unspecified atom stereocenters. The van der Waals surface area contributed by atoms with Gasteiger partial charge in [-0.15, -0.1) is 0 Å². The smallest absolute Gasteiger partial charge is 0.0577 e. The molecule has 170 valence electrons. The molecule has 1 nitrogen and oxygen atoms in total. The number of hydrogen-bond acceptors (Lipinski definition) is 1. The van der Waals surface area contributed by atoms with Gasteiger partial charge in [0, 0.05) is 0 Å². The predicted molar refractivity (Wildman–Crippen MR) is 128 cm³/mol. The summed E-state index contributed by atoms with van der Waals surface area (Å²) in [5, 5.41) is 10.2. The first-order chi connectivity index (χ1) is 14.2. The quantitative estimate of drug-likeness (QED) is 0.454. The van der Waals surface area contributed by atoms with Crippen LogP contribution >= 0.6 is 0 Å². The summed E-state index contributed by atoms with van der Waals surface area (Å²) in [7, 11) is 0. The predicted octanol–water partition coefficient (Wildman–Crippen LogP) is 7.94. The second-order valence-electron chi connectivity index (χ2n) is 12.4. The highest BCUT2D eigenvalue weighted by molar-refractivity contribution is 5.25. The Kier molecular flexibility index (Phi) is 6.35. The van der Waals surface area contributed by atoms with Crippen LogP contribution in [0.3, 0.4) is 0 Å². The second kappa shape index (κ2) is 8.42. The molecule has 0 aromatic carbocycles. The summed E-state index contributed by atoms with van der Waals surface area (Å²) in [5.74, 6) is 5.15. The normalized spacial score (nSPS) is 44.9. The van der Waals surface area contributed by atoms with E-state index in [9.17, 15) is 5.11 Å². The van der Waals surface area contributed by atoms with Crippen molar-refractivity contribution in [3.8, 4) is 0 Å². The molecular formula is C29H48O. The van der Waals surface area contributed by atoms with Crippen molar-refractivity contribution in [3.05, 3.63) is 23.3 Å². The van der Waals surface area contributed by atoms with E-state index in [1.165, 1.54) is 51.4 Å². The second-order valence-corrected chi connectivity index (χ2v) is 12.4. The SMILES string of the molecule is C/C=C(/CCC(C)[C@H]1CCC2C3CC=C4C[C@@H](O)CC[C@]4(C)C3CC[C@@]21C)C(C)C. The Morgan fingerprint density at radius 3 is 2.57 bits per heavy atom. The van der Waals surface area contributed by atoms with E-state index < -0.39 is 0 Å². The van der Waals surface area contributed by atoms with Crippen LogP contribution in [-0.2, 0) is 0 Å².